The van der Waals surface area contributed by atoms with E-state index in [4.69, 9.17) is 4.74 Å². The van der Waals surface area contributed by atoms with E-state index in [1.807, 2.05) is 26.0 Å². The molecular formula is C25H25N3O5S. The van der Waals surface area contributed by atoms with E-state index >= 15 is 0 Å². The van der Waals surface area contributed by atoms with Crippen LogP contribution in [-0.2, 0) is 28.7 Å². The van der Waals surface area contributed by atoms with Gasteiger partial charge in [-0.15, -0.1) is 0 Å². The lowest BCUT2D eigenvalue weighted by molar-refractivity contribution is -0.118. The number of para-hydroxylation sites is 1. The van der Waals surface area contributed by atoms with Gasteiger partial charge >= 0.3 is 5.69 Å². The molecule has 34 heavy (non-hydrogen) atoms. The zero-order valence-corrected chi connectivity index (χ0v) is 20.1. The van der Waals surface area contributed by atoms with Crippen molar-refractivity contribution in [2.75, 3.05) is 11.9 Å². The molecule has 0 atom stereocenters. The number of nitrogens with zero attached hydrogens (tertiary/aromatic N) is 2. The number of imidazole rings is 1. The van der Waals surface area contributed by atoms with Crippen LogP contribution >= 0.6 is 0 Å². The number of rotatable bonds is 6. The number of anilines is 1. The third-order valence-electron chi connectivity index (χ3n) is 5.72. The Kier molecular flexibility index (Phi) is 6.05. The van der Waals surface area contributed by atoms with Gasteiger partial charge in [0, 0.05) is 14.1 Å². The normalized spacial score (nSPS) is 11.5. The summed E-state index contributed by atoms with van der Waals surface area (Å²) in [5.74, 6) is 0.0370. The van der Waals surface area contributed by atoms with Crippen molar-refractivity contribution in [3.63, 3.8) is 0 Å². The van der Waals surface area contributed by atoms with E-state index < -0.39 is 15.7 Å². The minimum Gasteiger partial charge on any atom is -0.483 e. The Bertz CT molecular complexity index is 1560. The highest BCUT2D eigenvalue weighted by Gasteiger charge is 2.25. The SMILES string of the molecule is Cc1ccc(S(=O)(=O)c2cc3c(cc2NC(=O)COc2ccccc2C)n(C)c(=O)n3C)cc1. The summed E-state index contributed by atoms with van der Waals surface area (Å²) in [5, 5.41) is 2.67. The van der Waals surface area contributed by atoms with Gasteiger partial charge in [0.25, 0.3) is 5.91 Å². The first kappa shape index (κ1) is 23.3. The van der Waals surface area contributed by atoms with Gasteiger partial charge in [0.2, 0.25) is 9.84 Å². The van der Waals surface area contributed by atoms with E-state index in [0.29, 0.717) is 16.8 Å². The van der Waals surface area contributed by atoms with E-state index in [0.717, 1.165) is 11.1 Å². The molecule has 4 rings (SSSR count). The molecule has 0 fully saturated rings. The summed E-state index contributed by atoms with van der Waals surface area (Å²) in [6.45, 7) is 3.42. The van der Waals surface area contributed by atoms with Crippen LogP contribution in [0.3, 0.4) is 0 Å². The number of fused-ring (bicyclic) bond motifs is 1. The fourth-order valence-electron chi connectivity index (χ4n) is 3.74. The number of carbonyl (C=O) groups excluding carboxylic acids is 1. The molecule has 9 heteroatoms. The van der Waals surface area contributed by atoms with Crippen LogP contribution in [0.4, 0.5) is 5.69 Å². The zero-order valence-electron chi connectivity index (χ0n) is 19.3. The predicted molar refractivity (Wildman–Crippen MR) is 130 cm³/mol. The average molecular weight is 480 g/mol. The van der Waals surface area contributed by atoms with Crippen molar-refractivity contribution in [3.8, 4) is 5.75 Å². The monoisotopic (exact) mass is 479 g/mol. The van der Waals surface area contributed by atoms with Crippen LogP contribution in [0.5, 0.6) is 5.75 Å². The molecule has 0 aliphatic rings. The zero-order chi connectivity index (χ0) is 24.6. The van der Waals surface area contributed by atoms with Crippen LogP contribution in [0.15, 0.2) is 75.2 Å². The van der Waals surface area contributed by atoms with Crippen LogP contribution in [0.25, 0.3) is 11.0 Å². The molecule has 176 valence electrons. The molecule has 1 N–H and O–H groups in total. The lowest BCUT2D eigenvalue weighted by atomic mass is 10.2. The van der Waals surface area contributed by atoms with Gasteiger partial charge in [-0.2, -0.15) is 0 Å². The van der Waals surface area contributed by atoms with Crippen LogP contribution in [0.2, 0.25) is 0 Å². The standard InChI is InChI=1S/C25H25N3O5S/c1-16-9-11-18(12-10-16)34(31,32)23-14-21-20(27(3)25(30)28(21)4)13-19(23)26-24(29)15-33-22-8-6-5-7-17(22)2/h5-14H,15H2,1-4H3,(H,26,29). The third kappa shape index (κ3) is 4.22. The summed E-state index contributed by atoms with van der Waals surface area (Å²) in [4.78, 5) is 25.2. The fourth-order valence-corrected chi connectivity index (χ4v) is 5.15. The van der Waals surface area contributed by atoms with Gasteiger partial charge < -0.3 is 10.1 Å². The summed E-state index contributed by atoms with van der Waals surface area (Å²) in [6, 6.07) is 16.7. The quantitative estimate of drug-likeness (QED) is 0.457. The molecule has 0 bridgehead atoms. The molecule has 0 aliphatic heterocycles. The molecule has 0 saturated heterocycles. The number of hydrogen-bond acceptors (Lipinski definition) is 5. The number of amides is 1. The molecule has 1 aromatic heterocycles. The highest BCUT2D eigenvalue weighted by Crippen LogP contribution is 2.32. The molecule has 0 saturated carbocycles. The molecular weight excluding hydrogens is 454 g/mol. The predicted octanol–water partition coefficient (Wildman–Crippen LogP) is 3.34. The summed E-state index contributed by atoms with van der Waals surface area (Å²) in [5.41, 5.74) is 2.49. The van der Waals surface area contributed by atoms with Gasteiger partial charge in [0.05, 0.1) is 26.5 Å². The van der Waals surface area contributed by atoms with E-state index in [1.165, 1.54) is 33.4 Å². The maximum Gasteiger partial charge on any atom is 0.328 e. The second-order valence-corrected chi connectivity index (χ2v) is 10.1. The smallest absolute Gasteiger partial charge is 0.328 e. The van der Waals surface area contributed by atoms with E-state index in [-0.39, 0.29) is 27.8 Å². The number of benzene rings is 3. The topological polar surface area (TPSA) is 99.4 Å². The van der Waals surface area contributed by atoms with Gasteiger partial charge in [0.15, 0.2) is 6.61 Å². The van der Waals surface area contributed by atoms with Gasteiger partial charge in [0.1, 0.15) is 5.75 Å². The molecule has 0 aliphatic carbocycles. The molecule has 1 heterocycles. The minimum atomic E-state index is -4.00. The van der Waals surface area contributed by atoms with Crippen molar-refractivity contribution in [1.82, 2.24) is 9.13 Å². The second-order valence-electron chi connectivity index (χ2n) is 8.16. The second kappa shape index (κ2) is 8.83. The molecule has 3 aromatic carbocycles. The number of carbonyl (C=O) groups is 1. The largest absolute Gasteiger partial charge is 0.483 e. The Balaban J connectivity index is 1.77. The summed E-state index contributed by atoms with van der Waals surface area (Å²) >= 11 is 0. The molecule has 1 amide bonds. The van der Waals surface area contributed by atoms with Gasteiger partial charge in [-0.3, -0.25) is 13.9 Å². The Hall–Kier alpha value is -3.85. The number of aryl methyl sites for hydroxylation is 4. The van der Waals surface area contributed by atoms with Gasteiger partial charge in [-0.05, 0) is 49.7 Å². The third-order valence-corrected chi connectivity index (χ3v) is 7.53. The van der Waals surface area contributed by atoms with Crippen molar-refractivity contribution in [2.45, 2.75) is 23.6 Å². The van der Waals surface area contributed by atoms with Crippen LogP contribution in [0, 0.1) is 13.8 Å². The fraction of sp³-hybridized carbons (Fsp3) is 0.200. The number of nitrogens with one attached hydrogen (secondary N) is 1. The first-order chi connectivity index (χ1) is 16.1. The van der Waals surface area contributed by atoms with Crippen molar-refractivity contribution in [1.29, 1.82) is 0 Å². The maximum absolute atomic E-state index is 13.5. The van der Waals surface area contributed by atoms with Gasteiger partial charge in [-0.25, -0.2) is 13.2 Å². The highest BCUT2D eigenvalue weighted by molar-refractivity contribution is 7.91. The number of sulfone groups is 1. The maximum atomic E-state index is 13.5. The van der Waals surface area contributed by atoms with Crippen molar-refractivity contribution in [3.05, 3.63) is 82.3 Å². The average Bonchev–Trinajstić information content (AvgIpc) is 3.01. The molecule has 8 nitrogen and oxygen atoms in total. The number of ether oxygens (including phenoxy) is 1. The van der Waals surface area contributed by atoms with E-state index in [1.54, 1.807) is 38.4 Å². The number of aromatic nitrogens is 2. The highest BCUT2D eigenvalue weighted by atomic mass is 32.2. The summed E-state index contributed by atoms with van der Waals surface area (Å²) < 4.78 is 35.5. The molecule has 0 unspecified atom stereocenters. The number of hydrogen-bond donors (Lipinski definition) is 1. The summed E-state index contributed by atoms with van der Waals surface area (Å²) in [7, 11) is -0.838. The Morgan fingerprint density at radius 3 is 2.21 bits per heavy atom. The molecule has 0 spiro atoms. The molecule has 4 aromatic rings. The Morgan fingerprint density at radius 2 is 1.56 bits per heavy atom. The van der Waals surface area contributed by atoms with Crippen molar-refractivity contribution >= 4 is 32.5 Å². The summed E-state index contributed by atoms with van der Waals surface area (Å²) in [6.07, 6.45) is 0. The first-order valence-electron chi connectivity index (χ1n) is 10.6. The van der Waals surface area contributed by atoms with Crippen LogP contribution in [0.1, 0.15) is 11.1 Å². The van der Waals surface area contributed by atoms with E-state index in [2.05, 4.69) is 5.32 Å². The van der Waals surface area contributed by atoms with Crippen molar-refractivity contribution in [2.24, 2.45) is 14.1 Å². The lowest BCUT2D eigenvalue weighted by Gasteiger charge is -2.14. The Morgan fingerprint density at radius 1 is 0.941 bits per heavy atom. The van der Waals surface area contributed by atoms with E-state index in [9.17, 15) is 18.0 Å². The lowest BCUT2D eigenvalue weighted by Crippen LogP contribution is -2.22. The van der Waals surface area contributed by atoms with Crippen molar-refractivity contribution < 1.29 is 17.9 Å². The van der Waals surface area contributed by atoms with Gasteiger partial charge in [-0.1, -0.05) is 35.9 Å². The molecule has 0 radical (unpaired) electrons. The van der Waals surface area contributed by atoms with Crippen LogP contribution < -0.4 is 15.7 Å². The minimum absolute atomic E-state index is 0.0765. The Labute approximate surface area is 197 Å². The van der Waals surface area contributed by atoms with Crippen LogP contribution in [-0.4, -0.2) is 30.1 Å². The first-order valence-corrected chi connectivity index (χ1v) is 12.1.